The van der Waals surface area contributed by atoms with Gasteiger partial charge >= 0.3 is 0 Å². The van der Waals surface area contributed by atoms with E-state index in [0.29, 0.717) is 12.3 Å². The minimum atomic E-state index is -0.491. The second-order valence-corrected chi connectivity index (χ2v) is 7.82. The highest BCUT2D eigenvalue weighted by molar-refractivity contribution is 8.14. The second-order valence-electron chi connectivity index (χ2n) is 6.52. The van der Waals surface area contributed by atoms with Crippen LogP contribution in [0, 0.1) is 0 Å². The number of ether oxygens (including phenoxy) is 1. The highest BCUT2D eigenvalue weighted by Crippen LogP contribution is 2.45. The molecule has 1 aliphatic heterocycles. The van der Waals surface area contributed by atoms with Crippen molar-refractivity contribution in [3.05, 3.63) is 77.5 Å². The van der Waals surface area contributed by atoms with Crippen molar-refractivity contribution in [2.75, 3.05) is 6.61 Å². The van der Waals surface area contributed by atoms with Gasteiger partial charge in [-0.05, 0) is 30.2 Å². The van der Waals surface area contributed by atoms with E-state index in [1.54, 1.807) is 11.8 Å². The standard InChI is InChI=1S/C21H20N4O2S/c1-14-24-21-18(11-23-25(21)12-15-5-3-2-4-6-15)20(28-14)16-7-9-17(10-8-16)27-13-19(22)26/h2-11,20H,12-13H2,1H3,(H2,22,26)/t20-/m0/s1. The summed E-state index contributed by atoms with van der Waals surface area (Å²) in [5, 5.41) is 5.70. The molecule has 142 valence electrons. The lowest BCUT2D eigenvalue weighted by Crippen LogP contribution is -2.20. The van der Waals surface area contributed by atoms with Crippen molar-refractivity contribution in [1.29, 1.82) is 0 Å². The Morgan fingerprint density at radius 2 is 1.93 bits per heavy atom. The average Bonchev–Trinajstić information content (AvgIpc) is 3.09. The molecule has 1 atom stereocenters. The molecule has 0 radical (unpaired) electrons. The largest absolute Gasteiger partial charge is 0.484 e. The molecule has 3 aromatic rings. The summed E-state index contributed by atoms with van der Waals surface area (Å²) in [7, 11) is 0. The Balaban J connectivity index is 1.59. The van der Waals surface area contributed by atoms with Crippen molar-refractivity contribution in [1.82, 2.24) is 9.78 Å². The first-order valence-corrected chi connectivity index (χ1v) is 9.81. The number of amides is 1. The third-order valence-corrected chi connectivity index (χ3v) is 5.61. The van der Waals surface area contributed by atoms with Crippen molar-refractivity contribution in [2.24, 2.45) is 10.7 Å². The zero-order valence-corrected chi connectivity index (χ0v) is 16.2. The number of aromatic nitrogens is 2. The maximum atomic E-state index is 10.9. The van der Waals surface area contributed by atoms with Gasteiger partial charge in [-0.15, -0.1) is 0 Å². The monoisotopic (exact) mass is 392 g/mol. The first kappa shape index (κ1) is 18.3. The van der Waals surface area contributed by atoms with Crippen LogP contribution in [-0.2, 0) is 11.3 Å². The fourth-order valence-corrected chi connectivity index (χ4v) is 4.19. The lowest BCUT2D eigenvalue weighted by Gasteiger charge is -2.21. The van der Waals surface area contributed by atoms with Crippen molar-refractivity contribution in [2.45, 2.75) is 18.7 Å². The van der Waals surface area contributed by atoms with Gasteiger partial charge in [-0.1, -0.05) is 54.2 Å². The molecule has 4 rings (SSSR count). The number of rotatable bonds is 6. The summed E-state index contributed by atoms with van der Waals surface area (Å²) in [4.78, 5) is 15.6. The summed E-state index contributed by atoms with van der Waals surface area (Å²) >= 11 is 1.71. The Hall–Kier alpha value is -3.06. The van der Waals surface area contributed by atoms with E-state index in [1.807, 2.05) is 60.3 Å². The van der Waals surface area contributed by atoms with Crippen molar-refractivity contribution < 1.29 is 9.53 Å². The smallest absolute Gasteiger partial charge is 0.255 e. The molecule has 7 heteroatoms. The molecule has 2 N–H and O–H groups in total. The fourth-order valence-electron chi connectivity index (χ4n) is 3.12. The van der Waals surface area contributed by atoms with E-state index >= 15 is 0 Å². The van der Waals surface area contributed by atoms with Crippen LogP contribution in [0.15, 0.2) is 65.8 Å². The summed E-state index contributed by atoms with van der Waals surface area (Å²) in [6.45, 7) is 2.58. The van der Waals surface area contributed by atoms with Crippen LogP contribution in [0.4, 0.5) is 5.82 Å². The fraction of sp³-hybridized carbons (Fsp3) is 0.190. The molecule has 2 heterocycles. The number of aliphatic imine (C=N–C) groups is 1. The Morgan fingerprint density at radius 1 is 1.18 bits per heavy atom. The minimum Gasteiger partial charge on any atom is -0.484 e. The summed E-state index contributed by atoms with van der Waals surface area (Å²) < 4.78 is 7.30. The van der Waals surface area contributed by atoms with Crippen LogP contribution < -0.4 is 10.5 Å². The quantitative estimate of drug-likeness (QED) is 0.694. The van der Waals surface area contributed by atoms with E-state index in [1.165, 1.54) is 5.56 Å². The van der Waals surface area contributed by atoms with Gasteiger partial charge in [0.2, 0.25) is 0 Å². The Morgan fingerprint density at radius 3 is 2.64 bits per heavy atom. The lowest BCUT2D eigenvalue weighted by molar-refractivity contribution is -0.119. The van der Waals surface area contributed by atoms with E-state index in [2.05, 4.69) is 17.2 Å². The second kappa shape index (κ2) is 7.90. The lowest BCUT2D eigenvalue weighted by atomic mass is 10.1. The molecule has 0 saturated carbocycles. The molecule has 2 aromatic carbocycles. The van der Waals surface area contributed by atoms with Crippen LogP contribution in [0.5, 0.6) is 5.75 Å². The molecule has 0 saturated heterocycles. The number of primary amides is 1. The molecule has 1 aromatic heterocycles. The summed E-state index contributed by atoms with van der Waals surface area (Å²) in [5.74, 6) is 1.03. The van der Waals surface area contributed by atoms with E-state index in [0.717, 1.165) is 22.0 Å². The Labute approximate surface area is 167 Å². The Bertz CT molecular complexity index is 1010. The van der Waals surface area contributed by atoms with Crippen LogP contribution in [-0.4, -0.2) is 27.3 Å². The number of fused-ring (bicyclic) bond motifs is 1. The van der Waals surface area contributed by atoms with Crippen LogP contribution in [0.1, 0.15) is 28.9 Å². The van der Waals surface area contributed by atoms with Gasteiger partial charge < -0.3 is 10.5 Å². The number of thioether (sulfide) groups is 1. The zero-order chi connectivity index (χ0) is 19.5. The van der Waals surface area contributed by atoms with Gasteiger partial charge in [0.05, 0.1) is 23.0 Å². The van der Waals surface area contributed by atoms with Gasteiger partial charge in [0, 0.05) is 5.56 Å². The van der Waals surface area contributed by atoms with Crippen molar-refractivity contribution in [3.8, 4) is 5.75 Å². The van der Waals surface area contributed by atoms with Crippen LogP contribution in [0.25, 0.3) is 0 Å². The van der Waals surface area contributed by atoms with Gasteiger partial charge in [-0.25, -0.2) is 9.67 Å². The number of carbonyl (C=O) groups excluding carboxylic acids is 1. The number of nitrogens with zero attached hydrogens (tertiary/aromatic N) is 3. The van der Waals surface area contributed by atoms with E-state index in [4.69, 9.17) is 15.5 Å². The first-order valence-electron chi connectivity index (χ1n) is 8.93. The molecule has 0 fully saturated rings. The van der Waals surface area contributed by atoms with Crippen molar-refractivity contribution >= 4 is 28.5 Å². The maximum Gasteiger partial charge on any atom is 0.255 e. The van der Waals surface area contributed by atoms with Gasteiger partial charge in [0.1, 0.15) is 5.75 Å². The third kappa shape index (κ3) is 3.94. The maximum absolute atomic E-state index is 10.9. The van der Waals surface area contributed by atoms with E-state index in [-0.39, 0.29) is 11.9 Å². The minimum absolute atomic E-state index is 0.113. The van der Waals surface area contributed by atoms with Crippen molar-refractivity contribution in [3.63, 3.8) is 0 Å². The highest BCUT2D eigenvalue weighted by atomic mass is 32.2. The highest BCUT2D eigenvalue weighted by Gasteiger charge is 2.27. The molecule has 28 heavy (non-hydrogen) atoms. The number of benzene rings is 2. The van der Waals surface area contributed by atoms with Crippen LogP contribution >= 0.6 is 11.8 Å². The normalized spacial score (nSPS) is 15.6. The first-order chi connectivity index (χ1) is 13.6. The number of nitrogens with two attached hydrogens (primary N) is 1. The Kier molecular flexibility index (Phi) is 5.16. The molecule has 6 nitrogen and oxygen atoms in total. The van der Waals surface area contributed by atoms with Gasteiger partial charge in [-0.2, -0.15) is 5.10 Å². The SMILES string of the molecule is CC1=Nc2c(cnn2Cc2ccccc2)[C@H](c2ccc(OCC(N)=O)cc2)S1. The number of hydrogen-bond acceptors (Lipinski definition) is 5. The average molecular weight is 392 g/mol. The molecule has 0 bridgehead atoms. The molecule has 1 amide bonds. The molecule has 0 aliphatic carbocycles. The van der Waals surface area contributed by atoms with Crippen LogP contribution in [0.3, 0.4) is 0 Å². The predicted octanol–water partition coefficient (Wildman–Crippen LogP) is 3.68. The molecule has 0 spiro atoms. The molecule has 1 aliphatic rings. The van der Waals surface area contributed by atoms with E-state index in [9.17, 15) is 4.79 Å². The predicted molar refractivity (Wildman–Crippen MR) is 111 cm³/mol. The van der Waals surface area contributed by atoms with Gasteiger partial charge in [0.25, 0.3) is 5.91 Å². The zero-order valence-electron chi connectivity index (χ0n) is 15.4. The van der Waals surface area contributed by atoms with E-state index < -0.39 is 5.91 Å². The van der Waals surface area contributed by atoms with Gasteiger partial charge in [-0.3, -0.25) is 4.79 Å². The number of carbonyl (C=O) groups is 1. The molecular formula is C21H20N4O2S. The van der Waals surface area contributed by atoms with Gasteiger partial charge in [0.15, 0.2) is 12.4 Å². The summed E-state index contributed by atoms with van der Waals surface area (Å²) in [5.41, 5.74) is 8.54. The molecular weight excluding hydrogens is 372 g/mol. The topological polar surface area (TPSA) is 82.5 Å². The summed E-state index contributed by atoms with van der Waals surface area (Å²) in [6, 6.07) is 18.0. The number of hydrogen-bond donors (Lipinski definition) is 1. The third-order valence-electron chi connectivity index (χ3n) is 4.41. The van der Waals surface area contributed by atoms with Crippen LogP contribution in [0.2, 0.25) is 0 Å². The molecule has 0 unspecified atom stereocenters. The summed E-state index contributed by atoms with van der Waals surface area (Å²) in [6.07, 6.45) is 1.91.